The molecule has 0 aliphatic rings. The Hall–Kier alpha value is -1.03. The third-order valence-corrected chi connectivity index (χ3v) is 4.58. The molecule has 5 heteroatoms. The van der Waals surface area contributed by atoms with Crippen LogP contribution >= 0.6 is 23.2 Å². The van der Waals surface area contributed by atoms with Crippen molar-refractivity contribution in [1.29, 1.82) is 0 Å². The van der Waals surface area contributed by atoms with Crippen molar-refractivity contribution in [3.05, 3.63) is 51.3 Å². The number of likely N-dealkylation sites (N-methyl/N-ethyl adjacent to an activating group) is 1. The van der Waals surface area contributed by atoms with Crippen molar-refractivity contribution in [3.63, 3.8) is 0 Å². The zero-order chi connectivity index (χ0) is 15.4. The van der Waals surface area contributed by atoms with Crippen molar-refractivity contribution in [2.75, 3.05) is 7.05 Å². The number of aryl methyl sites for hydroxylation is 2. The topological polar surface area (TPSA) is 29.9 Å². The van der Waals surface area contributed by atoms with Crippen molar-refractivity contribution >= 4 is 23.2 Å². The molecule has 1 aromatic heterocycles. The molecule has 1 heterocycles. The number of benzene rings is 1. The van der Waals surface area contributed by atoms with E-state index in [2.05, 4.69) is 23.4 Å². The second kappa shape index (κ2) is 7.30. The molecule has 1 aromatic carbocycles. The van der Waals surface area contributed by atoms with Crippen LogP contribution in [0.15, 0.2) is 24.3 Å². The zero-order valence-electron chi connectivity index (χ0n) is 12.7. The van der Waals surface area contributed by atoms with E-state index in [9.17, 15) is 0 Å². The molecule has 0 radical (unpaired) electrons. The van der Waals surface area contributed by atoms with Crippen molar-refractivity contribution in [2.45, 2.75) is 32.2 Å². The first-order valence-corrected chi connectivity index (χ1v) is 7.93. The van der Waals surface area contributed by atoms with Gasteiger partial charge in [-0.2, -0.15) is 5.10 Å². The summed E-state index contributed by atoms with van der Waals surface area (Å²) in [5.74, 6) is 0. The maximum atomic E-state index is 6.43. The van der Waals surface area contributed by atoms with Gasteiger partial charge in [-0.15, -0.1) is 0 Å². The van der Waals surface area contributed by atoms with Crippen molar-refractivity contribution < 1.29 is 0 Å². The number of rotatable bonds is 6. The lowest BCUT2D eigenvalue weighted by Gasteiger charge is -2.17. The van der Waals surface area contributed by atoms with Gasteiger partial charge in [0.25, 0.3) is 0 Å². The normalized spacial score (nSPS) is 12.6. The predicted molar refractivity (Wildman–Crippen MR) is 89.3 cm³/mol. The van der Waals surface area contributed by atoms with Crippen LogP contribution in [0.2, 0.25) is 10.0 Å². The standard InChI is InChI=1S/C16H21Cl2N3/c1-4-14-16(18)15(21(3)20-14)10-12(19-2)9-11-7-5-6-8-13(11)17/h5-8,12,19H,4,9-10H2,1-3H3. The van der Waals surface area contributed by atoms with E-state index in [4.69, 9.17) is 23.2 Å². The Kier molecular flexibility index (Phi) is 5.68. The van der Waals surface area contributed by atoms with Gasteiger partial charge in [-0.3, -0.25) is 4.68 Å². The minimum atomic E-state index is 0.266. The molecule has 0 aliphatic carbocycles. The Morgan fingerprint density at radius 3 is 2.52 bits per heavy atom. The van der Waals surface area contributed by atoms with Gasteiger partial charge in [0.1, 0.15) is 0 Å². The Labute approximate surface area is 136 Å². The quantitative estimate of drug-likeness (QED) is 0.878. The summed E-state index contributed by atoms with van der Waals surface area (Å²) in [5, 5.41) is 9.42. The lowest BCUT2D eigenvalue weighted by atomic mass is 10.0. The van der Waals surface area contributed by atoms with Gasteiger partial charge in [-0.25, -0.2) is 0 Å². The minimum Gasteiger partial charge on any atom is -0.316 e. The third kappa shape index (κ3) is 3.79. The van der Waals surface area contributed by atoms with Crippen LogP contribution < -0.4 is 5.32 Å². The maximum Gasteiger partial charge on any atom is 0.0850 e. The molecule has 2 rings (SSSR count). The number of hydrogen-bond donors (Lipinski definition) is 1. The van der Waals surface area contributed by atoms with E-state index in [1.807, 2.05) is 37.0 Å². The van der Waals surface area contributed by atoms with Gasteiger partial charge in [0.05, 0.1) is 16.4 Å². The fourth-order valence-corrected chi connectivity index (χ4v) is 3.06. The summed E-state index contributed by atoms with van der Waals surface area (Å²) >= 11 is 12.7. The second-order valence-corrected chi connectivity index (χ2v) is 5.95. The summed E-state index contributed by atoms with van der Waals surface area (Å²) in [6.45, 7) is 2.07. The summed E-state index contributed by atoms with van der Waals surface area (Å²) < 4.78 is 1.89. The molecule has 114 valence electrons. The third-order valence-electron chi connectivity index (χ3n) is 3.78. The van der Waals surface area contributed by atoms with E-state index in [1.54, 1.807) is 0 Å². The molecule has 21 heavy (non-hydrogen) atoms. The summed E-state index contributed by atoms with van der Waals surface area (Å²) in [4.78, 5) is 0. The summed E-state index contributed by atoms with van der Waals surface area (Å²) in [5.41, 5.74) is 3.18. The highest BCUT2D eigenvalue weighted by atomic mass is 35.5. The minimum absolute atomic E-state index is 0.266. The number of hydrogen-bond acceptors (Lipinski definition) is 2. The Morgan fingerprint density at radius 1 is 1.24 bits per heavy atom. The molecule has 1 atom stereocenters. The number of aromatic nitrogens is 2. The van der Waals surface area contributed by atoms with Crippen molar-refractivity contribution in [3.8, 4) is 0 Å². The molecular formula is C16H21Cl2N3. The Balaban J connectivity index is 2.16. The van der Waals surface area contributed by atoms with Crippen LogP contribution in [0.1, 0.15) is 23.9 Å². The average Bonchev–Trinajstić information content (AvgIpc) is 2.75. The molecule has 0 aliphatic heterocycles. The van der Waals surface area contributed by atoms with Crippen molar-refractivity contribution in [2.24, 2.45) is 7.05 Å². The average molecular weight is 326 g/mol. The molecule has 0 saturated carbocycles. The van der Waals surface area contributed by atoms with Gasteiger partial charge in [0.15, 0.2) is 0 Å². The van der Waals surface area contributed by atoms with E-state index in [-0.39, 0.29) is 6.04 Å². The highest BCUT2D eigenvalue weighted by Crippen LogP contribution is 2.24. The van der Waals surface area contributed by atoms with Crippen LogP contribution in [-0.4, -0.2) is 22.9 Å². The highest BCUT2D eigenvalue weighted by molar-refractivity contribution is 6.32. The fraction of sp³-hybridized carbons (Fsp3) is 0.438. The number of halogens is 2. The molecule has 0 spiro atoms. The molecule has 1 N–H and O–H groups in total. The van der Waals surface area contributed by atoms with Crippen LogP contribution in [0.3, 0.4) is 0 Å². The smallest absolute Gasteiger partial charge is 0.0850 e. The first kappa shape index (κ1) is 16.3. The number of nitrogens with one attached hydrogen (secondary N) is 1. The lowest BCUT2D eigenvalue weighted by molar-refractivity contribution is 0.533. The first-order chi connectivity index (χ1) is 10.1. The van der Waals surface area contributed by atoms with E-state index in [0.29, 0.717) is 0 Å². The number of nitrogens with zero attached hydrogens (tertiary/aromatic N) is 2. The van der Waals surface area contributed by atoms with Gasteiger partial charge in [0, 0.05) is 24.5 Å². The summed E-state index contributed by atoms with van der Waals surface area (Å²) in [6.07, 6.45) is 2.53. The Morgan fingerprint density at radius 2 is 1.95 bits per heavy atom. The molecule has 0 amide bonds. The van der Waals surface area contributed by atoms with E-state index < -0.39 is 0 Å². The molecule has 2 aromatic rings. The summed E-state index contributed by atoms with van der Waals surface area (Å²) in [7, 11) is 3.91. The van der Waals surface area contributed by atoms with Gasteiger partial charge in [0.2, 0.25) is 0 Å². The predicted octanol–water partition coefficient (Wildman–Crippen LogP) is 3.66. The van der Waals surface area contributed by atoms with Gasteiger partial charge in [-0.1, -0.05) is 48.3 Å². The lowest BCUT2D eigenvalue weighted by Crippen LogP contribution is -2.31. The molecule has 0 bridgehead atoms. The largest absolute Gasteiger partial charge is 0.316 e. The highest BCUT2D eigenvalue weighted by Gasteiger charge is 2.18. The van der Waals surface area contributed by atoms with Crippen LogP contribution in [-0.2, 0) is 26.3 Å². The molecule has 1 unspecified atom stereocenters. The van der Waals surface area contributed by atoms with Crippen LogP contribution in [0, 0.1) is 0 Å². The van der Waals surface area contributed by atoms with Gasteiger partial charge >= 0.3 is 0 Å². The molecule has 0 fully saturated rings. The van der Waals surface area contributed by atoms with Gasteiger partial charge < -0.3 is 5.32 Å². The zero-order valence-corrected chi connectivity index (χ0v) is 14.2. The van der Waals surface area contributed by atoms with Crippen LogP contribution in [0.25, 0.3) is 0 Å². The fourth-order valence-electron chi connectivity index (χ4n) is 2.48. The first-order valence-electron chi connectivity index (χ1n) is 7.17. The monoisotopic (exact) mass is 325 g/mol. The van der Waals surface area contributed by atoms with E-state index >= 15 is 0 Å². The van der Waals surface area contributed by atoms with Crippen LogP contribution in [0.4, 0.5) is 0 Å². The second-order valence-electron chi connectivity index (χ2n) is 5.17. The summed E-state index contributed by atoms with van der Waals surface area (Å²) in [6, 6.07) is 8.22. The SMILES string of the molecule is CCc1nn(C)c(CC(Cc2ccccc2Cl)NC)c1Cl. The van der Waals surface area contributed by atoms with E-state index in [0.717, 1.165) is 46.3 Å². The Bertz CT molecular complexity index is 608. The molecular weight excluding hydrogens is 305 g/mol. The van der Waals surface area contributed by atoms with Gasteiger partial charge in [-0.05, 0) is 31.5 Å². The maximum absolute atomic E-state index is 6.43. The van der Waals surface area contributed by atoms with Crippen molar-refractivity contribution in [1.82, 2.24) is 15.1 Å². The van der Waals surface area contributed by atoms with Crippen LogP contribution in [0.5, 0.6) is 0 Å². The molecule has 3 nitrogen and oxygen atoms in total. The molecule has 0 saturated heterocycles. The van der Waals surface area contributed by atoms with E-state index in [1.165, 1.54) is 0 Å².